The van der Waals surface area contributed by atoms with Crippen LogP contribution in [0.3, 0.4) is 0 Å². The Morgan fingerprint density at radius 2 is 1.91 bits per heavy atom. The molecule has 116 valence electrons. The molecule has 8 heteroatoms. The zero-order valence-electron chi connectivity index (χ0n) is 11.7. The summed E-state index contributed by atoms with van der Waals surface area (Å²) in [5.41, 5.74) is 0.506. The summed E-state index contributed by atoms with van der Waals surface area (Å²) in [6.45, 7) is 0. The van der Waals surface area contributed by atoms with Gasteiger partial charge in [-0.05, 0) is 18.2 Å². The zero-order valence-corrected chi connectivity index (χ0v) is 12.5. The van der Waals surface area contributed by atoms with Crippen LogP contribution in [0, 0.1) is 15.9 Å². The summed E-state index contributed by atoms with van der Waals surface area (Å²) in [4.78, 5) is 10.3. The lowest BCUT2D eigenvalue weighted by molar-refractivity contribution is -0.385. The van der Waals surface area contributed by atoms with Gasteiger partial charge in [0.05, 0.1) is 10.5 Å². The van der Waals surface area contributed by atoms with Crippen molar-refractivity contribution in [2.75, 3.05) is 0 Å². The summed E-state index contributed by atoms with van der Waals surface area (Å²) >= 11 is 1.05. The number of halogens is 1. The van der Waals surface area contributed by atoms with Gasteiger partial charge in [-0.25, -0.2) is 4.39 Å². The Labute approximate surface area is 134 Å². The molecule has 0 amide bonds. The van der Waals surface area contributed by atoms with Gasteiger partial charge < -0.3 is 4.42 Å². The number of nitrogens with zero attached hydrogens (tertiary/aromatic N) is 3. The van der Waals surface area contributed by atoms with E-state index in [0.717, 1.165) is 17.3 Å². The van der Waals surface area contributed by atoms with E-state index in [1.807, 2.05) is 30.3 Å². The van der Waals surface area contributed by atoms with Crippen molar-refractivity contribution in [3.63, 3.8) is 0 Å². The standard InChI is InChI=1S/C15H10FN3O3S/c16-12-7-4-8-13(19(20)21)11(12)9-23-15-18-17-14(22-15)10-5-2-1-3-6-10/h1-8H,9H2. The van der Waals surface area contributed by atoms with Gasteiger partial charge in [0.1, 0.15) is 5.82 Å². The molecule has 0 bridgehead atoms. The van der Waals surface area contributed by atoms with Gasteiger partial charge in [0.15, 0.2) is 0 Å². The molecule has 0 spiro atoms. The van der Waals surface area contributed by atoms with Crippen LogP contribution in [0.5, 0.6) is 0 Å². The van der Waals surface area contributed by atoms with Gasteiger partial charge in [-0.3, -0.25) is 10.1 Å². The number of hydrogen-bond donors (Lipinski definition) is 0. The molecule has 0 aliphatic heterocycles. The van der Waals surface area contributed by atoms with E-state index in [4.69, 9.17) is 4.42 Å². The van der Waals surface area contributed by atoms with E-state index < -0.39 is 10.7 Å². The van der Waals surface area contributed by atoms with Gasteiger partial charge >= 0.3 is 0 Å². The highest BCUT2D eigenvalue weighted by Crippen LogP contribution is 2.30. The van der Waals surface area contributed by atoms with E-state index in [9.17, 15) is 14.5 Å². The maximum Gasteiger partial charge on any atom is 0.277 e. The molecule has 0 radical (unpaired) electrons. The number of nitro benzene ring substituents is 1. The van der Waals surface area contributed by atoms with E-state index >= 15 is 0 Å². The summed E-state index contributed by atoms with van der Waals surface area (Å²) in [5, 5.41) is 19.0. The minimum Gasteiger partial charge on any atom is -0.411 e. The Hall–Kier alpha value is -2.74. The van der Waals surface area contributed by atoms with Crippen molar-refractivity contribution >= 4 is 17.4 Å². The van der Waals surface area contributed by atoms with Crippen LogP contribution >= 0.6 is 11.8 Å². The fraction of sp³-hybridized carbons (Fsp3) is 0.0667. The third-order valence-electron chi connectivity index (χ3n) is 3.06. The first-order valence-corrected chi connectivity index (χ1v) is 7.57. The van der Waals surface area contributed by atoms with Crippen molar-refractivity contribution in [1.29, 1.82) is 0 Å². The molecule has 0 fully saturated rings. The molecule has 2 aromatic carbocycles. The minimum atomic E-state index is -0.630. The average molecular weight is 331 g/mol. The second-order valence-electron chi connectivity index (χ2n) is 4.52. The summed E-state index contributed by atoms with van der Waals surface area (Å²) < 4.78 is 19.3. The first kappa shape index (κ1) is 15.2. The van der Waals surface area contributed by atoms with E-state index in [-0.39, 0.29) is 22.2 Å². The van der Waals surface area contributed by atoms with Crippen LogP contribution in [-0.4, -0.2) is 15.1 Å². The third-order valence-corrected chi connectivity index (χ3v) is 3.90. The Morgan fingerprint density at radius 3 is 2.65 bits per heavy atom. The number of aromatic nitrogens is 2. The molecule has 0 aliphatic rings. The number of nitro groups is 1. The molecule has 0 saturated carbocycles. The van der Waals surface area contributed by atoms with Crippen LogP contribution in [0.1, 0.15) is 5.56 Å². The van der Waals surface area contributed by atoms with Crippen molar-refractivity contribution in [3.8, 4) is 11.5 Å². The van der Waals surface area contributed by atoms with Crippen LogP contribution < -0.4 is 0 Å². The van der Waals surface area contributed by atoms with Crippen molar-refractivity contribution in [2.24, 2.45) is 0 Å². The average Bonchev–Trinajstić information content (AvgIpc) is 3.03. The van der Waals surface area contributed by atoms with Crippen LogP contribution in [0.15, 0.2) is 58.2 Å². The third kappa shape index (κ3) is 3.37. The van der Waals surface area contributed by atoms with E-state index in [2.05, 4.69) is 10.2 Å². The smallest absolute Gasteiger partial charge is 0.277 e. The van der Waals surface area contributed by atoms with Crippen molar-refractivity contribution in [1.82, 2.24) is 10.2 Å². The zero-order chi connectivity index (χ0) is 16.2. The summed E-state index contributed by atoms with van der Waals surface area (Å²) in [6, 6.07) is 13.0. The molecule has 23 heavy (non-hydrogen) atoms. The van der Waals surface area contributed by atoms with Crippen molar-refractivity contribution in [2.45, 2.75) is 11.0 Å². The van der Waals surface area contributed by atoms with E-state index in [0.29, 0.717) is 5.89 Å². The molecule has 3 aromatic rings. The largest absolute Gasteiger partial charge is 0.411 e. The van der Waals surface area contributed by atoms with Gasteiger partial charge in [0.2, 0.25) is 5.89 Å². The molecule has 0 saturated heterocycles. The Kier molecular flexibility index (Phi) is 4.33. The predicted molar refractivity (Wildman–Crippen MR) is 82.3 cm³/mol. The highest BCUT2D eigenvalue weighted by atomic mass is 32.2. The maximum atomic E-state index is 13.8. The fourth-order valence-electron chi connectivity index (χ4n) is 1.96. The van der Waals surface area contributed by atoms with Crippen LogP contribution in [0.4, 0.5) is 10.1 Å². The quantitative estimate of drug-likeness (QED) is 0.398. The normalized spacial score (nSPS) is 10.7. The predicted octanol–water partition coefficient (Wildman–Crippen LogP) is 4.08. The van der Waals surface area contributed by atoms with Crippen LogP contribution in [0.2, 0.25) is 0 Å². The first-order valence-electron chi connectivity index (χ1n) is 6.58. The number of rotatable bonds is 5. The molecular formula is C15H10FN3O3S. The lowest BCUT2D eigenvalue weighted by Gasteiger charge is -2.02. The van der Waals surface area contributed by atoms with Gasteiger partial charge in [-0.1, -0.05) is 36.0 Å². The molecule has 0 aliphatic carbocycles. The molecular weight excluding hydrogens is 321 g/mol. The van der Waals surface area contributed by atoms with Crippen LogP contribution in [0.25, 0.3) is 11.5 Å². The number of benzene rings is 2. The Balaban J connectivity index is 1.78. The number of hydrogen-bond acceptors (Lipinski definition) is 6. The first-order chi connectivity index (χ1) is 11.1. The summed E-state index contributed by atoms with van der Waals surface area (Å²) in [7, 11) is 0. The topological polar surface area (TPSA) is 82.1 Å². The second-order valence-corrected chi connectivity index (χ2v) is 5.45. The molecule has 3 rings (SSSR count). The molecule has 0 N–H and O–H groups in total. The highest BCUT2D eigenvalue weighted by molar-refractivity contribution is 7.98. The monoisotopic (exact) mass is 331 g/mol. The fourth-order valence-corrected chi connectivity index (χ4v) is 2.75. The molecule has 1 heterocycles. The van der Waals surface area contributed by atoms with Gasteiger partial charge in [0, 0.05) is 17.4 Å². The SMILES string of the molecule is O=[N+]([O-])c1cccc(F)c1CSc1nnc(-c2ccccc2)o1. The highest BCUT2D eigenvalue weighted by Gasteiger charge is 2.19. The molecule has 6 nitrogen and oxygen atoms in total. The second kappa shape index (κ2) is 6.57. The maximum absolute atomic E-state index is 13.8. The van der Waals surface area contributed by atoms with Crippen molar-refractivity contribution in [3.05, 3.63) is 70.0 Å². The number of thioether (sulfide) groups is 1. The lowest BCUT2D eigenvalue weighted by atomic mass is 10.2. The minimum absolute atomic E-state index is 0.00182. The Morgan fingerprint density at radius 1 is 1.13 bits per heavy atom. The summed E-state index contributed by atoms with van der Waals surface area (Å²) in [6.07, 6.45) is 0. The van der Waals surface area contributed by atoms with Gasteiger partial charge in [0.25, 0.3) is 10.9 Å². The van der Waals surface area contributed by atoms with Gasteiger partial charge in [-0.2, -0.15) is 0 Å². The van der Waals surface area contributed by atoms with Gasteiger partial charge in [-0.15, -0.1) is 10.2 Å². The lowest BCUT2D eigenvalue weighted by Crippen LogP contribution is -1.97. The van der Waals surface area contributed by atoms with Crippen molar-refractivity contribution < 1.29 is 13.7 Å². The summed E-state index contributed by atoms with van der Waals surface area (Å²) in [5.74, 6) is -0.259. The van der Waals surface area contributed by atoms with Crippen LogP contribution in [-0.2, 0) is 5.75 Å². The Bertz CT molecular complexity index is 839. The molecule has 0 unspecified atom stereocenters. The van der Waals surface area contributed by atoms with E-state index in [1.54, 1.807) is 0 Å². The van der Waals surface area contributed by atoms with E-state index in [1.165, 1.54) is 18.2 Å². The molecule has 0 atom stereocenters. The molecule has 1 aromatic heterocycles.